The molecule has 142 valence electrons. The molecule has 3 heterocycles. The van der Waals surface area contributed by atoms with Crippen LogP contribution in [0.25, 0.3) is 11.0 Å². The predicted molar refractivity (Wildman–Crippen MR) is 106 cm³/mol. The molecule has 2 aromatic heterocycles. The number of furan rings is 1. The number of rotatable bonds is 7. The summed E-state index contributed by atoms with van der Waals surface area (Å²) < 4.78 is 7.50. The number of carbonyl (C=O) groups is 1. The van der Waals surface area contributed by atoms with E-state index >= 15 is 0 Å². The number of benzene rings is 1. The van der Waals surface area contributed by atoms with E-state index in [4.69, 9.17) is 9.40 Å². The number of hydrogen-bond acceptors (Lipinski definition) is 4. The highest BCUT2D eigenvalue weighted by atomic mass is 16.3. The Morgan fingerprint density at radius 3 is 2.85 bits per heavy atom. The summed E-state index contributed by atoms with van der Waals surface area (Å²) in [5.74, 6) is 1.18. The minimum Gasteiger partial charge on any atom is -0.459 e. The smallest absolute Gasteiger partial charge is 0.291 e. The average molecular weight is 366 g/mol. The lowest BCUT2D eigenvalue weighted by molar-refractivity contribution is 0.0996. The van der Waals surface area contributed by atoms with Gasteiger partial charge in [0.15, 0.2) is 5.76 Å². The molecule has 1 saturated heterocycles. The predicted octanol–water partition coefficient (Wildman–Crippen LogP) is 4.28. The van der Waals surface area contributed by atoms with Crippen LogP contribution in [0.2, 0.25) is 0 Å². The minimum atomic E-state index is -0.248. The van der Waals surface area contributed by atoms with E-state index in [1.54, 1.807) is 12.1 Å². The number of fused-ring (bicyclic) bond motifs is 1. The third-order valence-corrected chi connectivity index (χ3v) is 5.13. The van der Waals surface area contributed by atoms with Crippen LogP contribution in [0.15, 0.2) is 41.0 Å². The topological polar surface area (TPSA) is 63.3 Å². The van der Waals surface area contributed by atoms with Gasteiger partial charge in [-0.1, -0.05) is 13.3 Å². The van der Waals surface area contributed by atoms with E-state index in [0.717, 1.165) is 61.6 Å². The first-order valence-corrected chi connectivity index (χ1v) is 9.81. The average Bonchev–Trinajstić information content (AvgIpc) is 3.41. The summed E-state index contributed by atoms with van der Waals surface area (Å²) in [6.45, 7) is 6.39. The summed E-state index contributed by atoms with van der Waals surface area (Å²) in [6.07, 6.45) is 6.34. The molecule has 4 rings (SSSR count). The summed E-state index contributed by atoms with van der Waals surface area (Å²) in [7, 11) is 0. The maximum Gasteiger partial charge on any atom is 0.291 e. The Hall–Kier alpha value is -2.60. The largest absolute Gasteiger partial charge is 0.459 e. The molecule has 0 unspecified atom stereocenters. The molecule has 1 fully saturated rings. The molecular formula is C21H26N4O2. The van der Waals surface area contributed by atoms with Crippen LogP contribution in [0.3, 0.4) is 0 Å². The van der Waals surface area contributed by atoms with Gasteiger partial charge in [-0.15, -0.1) is 0 Å². The zero-order valence-electron chi connectivity index (χ0n) is 15.8. The number of nitrogens with one attached hydrogen (secondary N) is 1. The lowest BCUT2D eigenvalue weighted by atomic mass is 10.2. The lowest BCUT2D eigenvalue weighted by Gasteiger charge is -2.15. The van der Waals surface area contributed by atoms with Crippen molar-refractivity contribution in [1.29, 1.82) is 0 Å². The van der Waals surface area contributed by atoms with Crippen molar-refractivity contribution >= 4 is 22.6 Å². The van der Waals surface area contributed by atoms with E-state index in [-0.39, 0.29) is 5.91 Å². The molecule has 0 saturated carbocycles. The highest BCUT2D eigenvalue weighted by Crippen LogP contribution is 2.23. The van der Waals surface area contributed by atoms with Crippen molar-refractivity contribution in [3.63, 3.8) is 0 Å². The molecule has 6 nitrogen and oxygen atoms in total. The van der Waals surface area contributed by atoms with E-state index in [1.165, 1.54) is 19.1 Å². The molecule has 3 aromatic rings. The monoisotopic (exact) mass is 366 g/mol. The first-order valence-electron chi connectivity index (χ1n) is 9.81. The van der Waals surface area contributed by atoms with Gasteiger partial charge >= 0.3 is 0 Å². The number of hydrogen-bond donors (Lipinski definition) is 1. The third kappa shape index (κ3) is 3.90. The molecule has 1 aliphatic heterocycles. The summed E-state index contributed by atoms with van der Waals surface area (Å²) in [4.78, 5) is 19.6. The van der Waals surface area contributed by atoms with Crippen LogP contribution in [-0.2, 0) is 13.1 Å². The molecular weight excluding hydrogens is 340 g/mol. The molecule has 0 radical (unpaired) electrons. The maximum atomic E-state index is 12.2. The molecule has 0 bridgehead atoms. The van der Waals surface area contributed by atoms with Crippen LogP contribution >= 0.6 is 0 Å². The second-order valence-corrected chi connectivity index (χ2v) is 7.15. The van der Waals surface area contributed by atoms with E-state index < -0.39 is 0 Å². The number of unbranched alkanes of at least 4 members (excludes halogenated alkanes) is 1. The molecule has 6 heteroatoms. The van der Waals surface area contributed by atoms with Crippen molar-refractivity contribution in [2.45, 2.75) is 45.7 Å². The fourth-order valence-corrected chi connectivity index (χ4v) is 3.69. The molecule has 0 aliphatic carbocycles. The van der Waals surface area contributed by atoms with Crippen molar-refractivity contribution in [3.05, 3.63) is 48.2 Å². The van der Waals surface area contributed by atoms with Gasteiger partial charge in [-0.05, 0) is 62.7 Å². The van der Waals surface area contributed by atoms with Crippen LogP contribution in [0.1, 0.15) is 49.0 Å². The van der Waals surface area contributed by atoms with Gasteiger partial charge in [0, 0.05) is 12.2 Å². The molecule has 0 spiro atoms. The summed E-state index contributed by atoms with van der Waals surface area (Å²) in [6, 6.07) is 9.31. The fourth-order valence-electron chi connectivity index (χ4n) is 3.69. The number of anilines is 1. The second-order valence-electron chi connectivity index (χ2n) is 7.15. The van der Waals surface area contributed by atoms with Crippen molar-refractivity contribution in [2.24, 2.45) is 0 Å². The van der Waals surface area contributed by atoms with Gasteiger partial charge in [0.05, 0.1) is 23.8 Å². The van der Waals surface area contributed by atoms with Crippen molar-refractivity contribution in [3.8, 4) is 0 Å². The maximum absolute atomic E-state index is 12.2. The van der Waals surface area contributed by atoms with E-state index in [9.17, 15) is 4.79 Å². The quantitative estimate of drug-likeness (QED) is 0.678. The summed E-state index contributed by atoms with van der Waals surface area (Å²) in [5, 5.41) is 2.89. The molecule has 27 heavy (non-hydrogen) atoms. The third-order valence-electron chi connectivity index (χ3n) is 5.13. The number of likely N-dealkylation sites (tertiary alicyclic amines) is 1. The Kier molecular flexibility index (Phi) is 5.25. The minimum absolute atomic E-state index is 0.248. The Labute approximate surface area is 159 Å². The van der Waals surface area contributed by atoms with Crippen LogP contribution in [0.5, 0.6) is 0 Å². The normalized spacial score (nSPS) is 14.9. The van der Waals surface area contributed by atoms with Crippen molar-refractivity contribution < 1.29 is 9.21 Å². The molecule has 1 N–H and O–H groups in total. The zero-order valence-corrected chi connectivity index (χ0v) is 15.8. The van der Waals surface area contributed by atoms with E-state index in [0.29, 0.717) is 5.76 Å². The van der Waals surface area contributed by atoms with Crippen LogP contribution in [0, 0.1) is 0 Å². The fraction of sp³-hybridized carbons (Fsp3) is 0.429. The first kappa shape index (κ1) is 17.8. The van der Waals surface area contributed by atoms with Gasteiger partial charge < -0.3 is 14.3 Å². The van der Waals surface area contributed by atoms with Gasteiger partial charge in [-0.3, -0.25) is 9.69 Å². The number of carbonyl (C=O) groups excluding carboxylic acids is 1. The SMILES string of the molecule is CCCCn1c(CN2CCCC2)nc2cc(NC(=O)c3ccco3)ccc21. The van der Waals surface area contributed by atoms with Gasteiger partial charge in [0.1, 0.15) is 5.82 Å². The number of aromatic nitrogens is 2. The standard InChI is InChI=1S/C21H26N4O2/c1-2-3-12-25-18-9-8-16(22-21(26)19-7-6-13-27-19)14-17(18)23-20(25)15-24-10-4-5-11-24/h6-9,13-14H,2-5,10-12,15H2,1H3,(H,22,26). The van der Waals surface area contributed by atoms with Gasteiger partial charge in [-0.2, -0.15) is 0 Å². The Bertz CT molecular complexity index is 908. The van der Waals surface area contributed by atoms with Gasteiger partial charge in [0.25, 0.3) is 5.91 Å². The number of nitrogens with zero attached hydrogens (tertiary/aromatic N) is 3. The van der Waals surface area contributed by atoms with Crippen molar-refractivity contribution in [1.82, 2.24) is 14.5 Å². The van der Waals surface area contributed by atoms with Gasteiger partial charge in [0.2, 0.25) is 0 Å². The number of aryl methyl sites for hydroxylation is 1. The van der Waals surface area contributed by atoms with Crippen molar-refractivity contribution in [2.75, 3.05) is 18.4 Å². The van der Waals surface area contributed by atoms with Crippen LogP contribution in [-0.4, -0.2) is 33.4 Å². The number of amides is 1. The zero-order chi connectivity index (χ0) is 18.6. The Morgan fingerprint density at radius 1 is 1.26 bits per heavy atom. The number of imidazole rings is 1. The lowest BCUT2D eigenvalue weighted by Crippen LogP contribution is -2.21. The van der Waals surface area contributed by atoms with E-state index in [1.807, 2.05) is 12.1 Å². The second kappa shape index (κ2) is 7.96. The van der Waals surface area contributed by atoms with E-state index in [2.05, 4.69) is 27.8 Å². The summed E-state index contributed by atoms with van der Waals surface area (Å²) in [5.41, 5.74) is 2.79. The summed E-state index contributed by atoms with van der Waals surface area (Å²) >= 11 is 0. The Morgan fingerprint density at radius 2 is 2.11 bits per heavy atom. The van der Waals surface area contributed by atoms with Crippen LogP contribution in [0.4, 0.5) is 5.69 Å². The van der Waals surface area contributed by atoms with Crippen LogP contribution < -0.4 is 5.32 Å². The Balaban J connectivity index is 1.60. The highest BCUT2D eigenvalue weighted by molar-refractivity contribution is 6.03. The molecule has 1 aromatic carbocycles. The molecule has 1 aliphatic rings. The highest BCUT2D eigenvalue weighted by Gasteiger charge is 2.18. The molecule has 0 atom stereocenters. The molecule has 1 amide bonds. The van der Waals surface area contributed by atoms with Gasteiger partial charge in [-0.25, -0.2) is 4.98 Å². The first-order chi connectivity index (χ1) is 13.2.